The molecule has 0 bridgehead atoms. The fourth-order valence-corrected chi connectivity index (χ4v) is 12.6. The van der Waals surface area contributed by atoms with E-state index >= 15 is 0 Å². The first-order valence-electron chi connectivity index (χ1n) is 4.54. The van der Waals surface area contributed by atoms with Crippen molar-refractivity contribution in [2.45, 2.75) is 27.7 Å². The molecule has 0 fully saturated rings. The highest BCUT2D eigenvalue weighted by molar-refractivity contribution is 9.41. The van der Waals surface area contributed by atoms with E-state index in [1.807, 2.05) is 60.9 Å². The molecule has 0 aromatic rings. The molecule has 6 heteroatoms. The van der Waals surface area contributed by atoms with Gasteiger partial charge in [-0.3, -0.25) is 0 Å². The minimum absolute atomic E-state index is 0.807. The summed E-state index contributed by atoms with van der Waals surface area (Å²) < 4.78 is 0. The molecule has 0 aliphatic rings. The molecule has 0 saturated heterocycles. The summed E-state index contributed by atoms with van der Waals surface area (Å²) in [5.74, 6) is 4.12. The SMILES string of the molecule is CC(C)CSSSSSSCC(C)C. The van der Waals surface area contributed by atoms with Crippen LogP contribution >= 0.6 is 60.9 Å². The lowest BCUT2D eigenvalue weighted by Gasteiger charge is -2.03. The summed E-state index contributed by atoms with van der Waals surface area (Å²) in [6.45, 7) is 9.05. The van der Waals surface area contributed by atoms with Gasteiger partial charge in [-0.15, -0.1) is 0 Å². The zero-order valence-corrected chi connectivity index (χ0v) is 13.9. The highest BCUT2D eigenvalue weighted by atomic mass is 33.9. The van der Waals surface area contributed by atoms with Gasteiger partial charge in [0.25, 0.3) is 0 Å². The maximum absolute atomic E-state index is 2.26. The molecule has 0 radical (unpaired) electrons. The molecular formula is C8H18S6. The molecule has 0 unspecified atom stereocenters. The van der Waals surface area contributed by atoms with Crippen LogP contribution in [-0.2, 0) is 0 Å². The van der Waals surface area contributed by atoms with Crippen molar-refractivity contribution in [3.63, 3.8) is 0 Å². The third-order valence-corrected chi connectivity index (χ3v) is 12.6. The molecule has 0 spiro atoms. The second kappa shape index (κ2) is 11.6. The Bertz CT molecular complexity index is 102. The summed E-state index contributed by atoms with van der Waals surface area (Å²) in [6.07, 6.45) is 0. The molecule has 0 aliphatic heterocycles. The van der Waals surface area contributed by atoms with Crippen LogP contribution in [0.15, 0.2) is 0 Å². The van der Waals surface area contributed by atoms with Gasteiger partial charge in [0, 0.05) is 11.5 Å². The van der Waals surface area contributed by atoms with Crippen LogP contribution in [0.2, 0.25) is 0 Å². The van der Waals surface area contributed by atoms with E-state index in [0.29, 0.717) is 0 Å². The van der Waals surface area contributed by atoms with Gasteiger partial charge in [-0.1, -0.05) is 49.3 Å². The van der Waals surface area contributed by atoms with Gasteiger partial charge in [-0.25, -0.2) is 0 Å². The standard InChI is InChI=1S/C8H18S6/c1-7(2)5-9-11-13-14-12-10-6-8(3)4/h7-8H,5-6H2,1-4H3. The summed E-state index contributed by atoms with van der Waals surface area (Å²) in [7, 11) is 11.5. The van der Waals surface area contributed by atoms with Gasteiger partial charge in [-0.2, -0.15) is 0 Å². The summed E-state index contributed by atoms with van der Waals surface area (Å²) >= 11 is 0. The van der Waals surface area contributed by atoms with Gasteiger partial charge in [0.2, 0.25) is 0 Å². The fraction of sp³-hybridized carbons (Fsp3) is 1.00. The van der Waals surface area contributed by atoms with Gasteiger partial charge >= 0.3 is 0 Å². The van der Waals surface area contributed by atoms with E-state index in [1.165, 1.54) is 11.5 Å². The Morgan fingerprint density at radius 2 is 1.00 bits per heavy atom. The predicted molar refractivity (Wildman–Crippen MR) is 85.0 cm³/mol. The molecule has 0 rings (SSSR count). The highest BCUT2D eigenvalue weighted by Crippen LogP contribution is 2.52. The first kappa shape index (κ1) is 16.1. The first-order valence-corrected chi connectivity index (χ1v) is 12.4. The van der Waals surface area contributed by atoms with Crippen molar-refractivity contribution >= 4 is 60.9 Å². The van der Waals surface area contributed by atoms with Crippen LogP contribution in [-0.4, -0.2) is 11.5 Å². The van der Waals surface area contributed by atoms with Crippen LogP contribution in [0.3, 0.4) is 0 Å². The minimum Gasteiger partial charge on any atom is -0.0814 e. The molecule has 0 aliphatic carbocycles. The molecule has 0 heterocycles. The van der Waals surface area contributed by atoms with Gasteiger partial charge in [0.1, 0.15) is 0 Å². The quantitative estimate of drug-likeness (QED) is 0.361. The molecule has 0 aromatic heterocycles. The van der Waals surface area contributed by atoms with Gasteiger partial charge in [0.15, 0.2) is 0 Å². The second-order valence-electron chi connectivity index (χ2n) is 3.63. The summed E-state index contributed by atoms with van der Waals surface area (Å²) in [5, 5.41) is 0. The predicted octanol–water partition coefficient (Wildman–Crippen LogP) is 6.27. The Morgan fingerprint density at radius 3 is 1.29 bits per heavy atom. The maximum Gasteiger partial charge on any atom is 0.00685 e. The van der Waals surface area contributed by atoms with Crippen LogP contribution in [0.25, 0.3) is 0 Å². The summed E-state index contributed by atoms with van der Waals surface area (Å²) in [5.41, 5.74) is 0. The van der Waals surface area contributed by atoms with Crippen molar-refractivity contribution in [1.82, 2.24) is 0 Å². The lowest BCUT2D eigenvalue weighted by atomic mass is 10.3. The zero-order chi connectivity index (χ0) is 10.8. The first-order chi connectivity index (χ1) is 6.63. The number of rotatable bonds is 9. The third kappa shape index (κ3) is 14.1. The van der Waals surface area contributed by atoms with Crippen molar-refractivity contribution in [2.24, 2.45) is 11.8 Å². The monoisotopic (exact) mass is 306 g/mol. The van der Waals surface area contributed by atoms with E-state index in [9.17, 15) is 0 Å². The van der Waals surface area contributed by atoms with Gasteiger partial charge in [-0.05, 0) is 51.1 Å². The Labute approximate surface area is 111 Å². The Morgan fingerprint density at radius 1 is 0.643 bits per heavy atom. The Hall–Kier alpha value is 2.10. The largest absolute Gasteiger partial charge is 0.0814 e. The molecule has 0 nitrogen and oxygen atoms in total. The minimum atomic E-state index is 0.807. The van der Waals surface area contributed by atoms with Crippen LogP contribution in [0.4, 0.5) is 0 Å². The van der Waals surface area contributed by atoms with E-state index in [1.54, 1.807) is 0 Å². The lowest BCUT2D eigenvalue weighted by molar-refractivity contribution is 0.752. The molecule has 0 amide bonds. The maximum atomic E-state index is 2.26. The third-order valence-electron chi connectivity index (χ3n) is 0.982. The number of hydrogen-bond donors (Lipinski definition) is 0. The normalized spacial score (nSPS) is 11.6. The van der Waals surface area contributed by atoms with E-state index in [4.69, 9.17) is 0 Å². The Balaban J connectivity index is 2.92. The molecule has 0 aromatic carbocycles. The smallest absolute Gasteiger partial charge is 0.00685 e. The van der Waals surface area contributed by atoms with Gasteiger partial charge in [0.05, 0.1) is 0 Å². The average molecular weight is 307 g/mol. The van der Waals surface area contributed by atoms with E-state index in [-0.39, 0.29) is 0 Å². The van der Waals surface area contributed by atoms with Crippen molar-refractivity contribution in [1.29, 1.82) is 0 Å². The highest BCUT2D eigenvalue weighted by Gasteiger charge is 1.98. The molecule has 0 N–H and O–H groups in total. The van der Waals surface area contributed by atoms with Crippen molar-refractivity contribution in [2.75, 3.05) is 11.5 Å². The topological polar surface area (TPSA) is 0 Å². The van der Waals surface area contributed by atoms with Crippen LogP contribution in [0.1, 0.15) is 27.7 Å². The van der Waals surface area contributed by atoms with Crippen molar-refractivity contribution in [3.8, 4) is 0 Å². The van der Waals surface area contributed by atoms with E-state index in [2.05, 4.69) is 27.7 Å². The molecular weight excluding hydrogens is 288 g/mol. The molecule has 14 heavy (non-hydrogen) atoms. The van der Waals surface area contributed by atoms with E-state index in [0.717, 1.165) is 11.8 Å². The van der Waals surface area contributed by atoms with Crippen LogP contribution in [0, 0.1) is 11.8 Å². The van der Waals surface area contributed by atoms with E-state index < -0.39 is 0 Å². The molecule has 86 valence electrons. The van der Waals surface area contributed by atoms with Crippen molar-refractivity contribution in [3.05, 3.63) is 0 Å². The zero-order valence-electron chi connectivity index (χ0n) is 9.02. The second-order valence-corrected chi connectivity index (χ2v) is 13.3. The summed E-state index contributed by atoms with van der Waals surface area (Å²) in [6, 6.07) is 0. The number of hydrogen-bond acceptors (Lipinski definition) is 6. The Kier molecular flexibility index (Phi) is 13.3. The fourth-order valence-electron chi connectivity index (χ4n) is 0.390. The summed E-state index contributed by atoms with van der Waals surface area (Å²) in [4.78, 5) is 0. The molecule has 0 saturated carbocycles. The van der Waals surface area contributed by atoms with Gasteiger partial charge < -0.3 is 0 Å². The molecule has 0 atom stereocenters. The van der Waals surface area contributed by atoms with Crippen LogP contribution < -0.4 is 0 Å². The average Bonchev–Trinajstić information content (AvgIpc) is 2.08. The lowest BCUT2D eigenvalue weighted by Crippen LogP contribution is -1.86. The van der Waals surface area contributed by atoms with Crippen molar-refractivity contribution < 1.29 is 0 Å². The van der Waals surface area contributed by atoms with Crippen LogP contribution in [0.5, 0.6) is 0 Å².